The van der Waals surface area contributed by atoms with Gasteiger partial charge in [-0.1, -0.05) is 5.57 Å². The fraction of sp³-hybridized carbons (Fsp3) is 0.556. The Balaban J connectivity index is 2.61. The van der Waals surface area contributed by atoms with Crippen LogP contribution in [-0.2, 0) is 4.74 Å². The third-order valence-electron chi connectivity index (χ3n) is 1.91. The van der Waals surface area contributed by atoms with Crippen LogP contribution >= 0.6 is 0 Å². The second kappa shape index (κ2) is 4.07. The maximum absolute atomic E-state index is 11.0. The summed E-state index contributed by atoms with van der Waals surface area (Å²) in [7, 11) is 2.93. The van der Waals surface area contributed by atoms with Crippen LogP contribution in [0.25, 0.3) is 0 Å². The van der Waals surface area contributed by atoms with Gasteiger partial charge >= 0.3 is 6.09 Å². The first-order valence-electron chi connectivity index (χ1n) is 4.20. The number of rotatable bonds is 1. The molecule has 0 fully saturated rings. The van der Waals surface area contributed by atoms with Crippen LogP contribution in [0.4, 0.5) is 4.79 Å². The summed E-state index contributed by atoms with van der Waals surface area (Å²) in [6, 6.07) is 0. The van der Waals surface area contributed by atoms with E-state index in [1.165, 1.54) is 17.7 Å². The second-order valence-electron chi connectivity index (χ2n) is 3.08. The molecule has 0 aromatic rings. The average Bonchev–Trinajstić information content (AvgIpc) is 2.49. The van der Waals surface area contributed by atoms with E-state index in [0.717, 1.165) is 18.6 Å². The van der Waals surface area contributed by atoms with Crippen molar-refractivity contribution in [1.82, 2.24) is 5.01 Å². The Morgan fingerprint density at radius 1 is 1.62 bits per heavy atom. The van der Waals surface area contributed by atoms with Crippen LogP contribution in [0.1, 0.15) is 19.8 Å². The number of allylic oxidation sites excluding steroid dienone is 2. The van der Waals surface area contributed by atoms with Crippen LogP contribution < -0.4 is 0 Å². The van der Waals surface area contributed by atoms with Gasteiger partial charge in [0.1, 0.15) is 0 Å². The molecule has 0 heterocycles. The molecule has 0 aliphatic heterocycles. The van der Waals surface area contributed by atoms with Gasteiger partial charge in [0, 0.05) is 7.05 Å². The molecule has 0 saturated heterocycles. The molecule has 1 aliphatic rings. The van der Waals surface area contributed by atoms with Gasteiger partial charge in [-0.2, -0.15) is 5.10 Å². The second-order valence-corrected chi connectivity index (χ2v) is 3.08. The Bertz CT molecular complexity index is 269. The molecule has 13 heavy (non-hydrogen) atoms. The van der Waals surface area contributed by atoms with Crippen molar-refractivity contribution >= 4 is 11.8 Å². The molecule has 1 aliphatic carbocycles. The number of carbonyl (C=O) groups excluding carboxylic acids is 1. The van der Waals surface area contributed by atoms with Crippen LogP contribution in [0.15, 0.2) is 16.8 Å². The molecular formula is C9H14N2O2. The lowest BCUT2D eigenvalue weighted by Gasteiger charge is -2.09. The van der Waals surface area contributed by atoms with Gasteiger partial charge in [-0.3, -0.25) is 0 Å². The first-order valence-corrected chi connectivity index (χ1v) is 4.20. The highest BCUT2D eigenvalue weighted by molar-refractivity contribution is 5.98. The Labute approximate surface area is 77.9 Å². The molecule has 0 spiro atoms. The number of amides is 1. The van der Waals surface area contributed by atoms with E-state index in [-0.39, 0.29) is 0 Å². The molecule has 1 rings (SSSR count). The van der Waals surface area contributed by atoms with Crippen molar-refractivity contribution in [3.8, 4) is 0 Å². The van der Waals surface area contributed by atoms with E-state index >= 15 is 0 Å². The Morgan fingerprint density at radius 2 is 2.31 bits per heavy atom. The van der Waals surface area contributed by atoms with Crippen LogP contribution in [0, 0.1) is 0 Å². The molecule has 1 amide bonds. The zero-order valence-electron chi connectivity index (χ0n) is 8.20. The Kier molecular flexibility index (Phi) is 3.06. The molecule has 0 aromatic carbocycles. The minimum absolute atomic E-state index is 0.439. The average molecular weight is 182 g/mol. The summed E-state index contributed by atoms with van der Waals surface area (Å²) in [5, 5.41) is 5.31. The van der Waals surface area contributed by atoms with E-state index in [4.69, 9.17) is 0 Å². The van der Waals surface area contributed by atoms with Crippen molar-refractivity contribution < 1.29 is 9.53 Å². The van der Waals surface area contributed by atoms with Gasteiger partial charge < -0.3 is 4.74 Å². The topological polar surface area (TPSA) is 41.9 Å². The minimum atomic E-state index is -0.439. The van der Waals surface area contributed by atoms with Crippen molar-refractivity contribution in [1.29, 1.82) is 0 Å². The van der Waals surface area contributed by atoms with Crippen molar-refractivity contribution in [3.05, 3.63) is 11.6 Å². The van der Waals surface area contributed by atoms with Gasteiger partial charge in [0.25, 0.3) is 0 Å². The quantitative estimate of drug-likeness (QED) is 0.580. The van der Waals surface area contributed by atoms with Crippen molar-refractivity contribution in [2.75, 3.05) is 14.2 Å². The largest absolute Gasteiger partial charge is 0.451 e. The third-order valence-corrected chi connectivity index (χ3v) is 1.91. The number of methoxy groups -OCH3 is 1. The number of ether oxygens (including phenoxy) is 1. The standard InChI is InChI=1S/C9H14N2O2/c1-7-4-5-8(6-7)10-11(2)9(12)13-3/h6H,4-5H2,1-3H3/b10-8+. The molecule has 0 radical (unpaired) electrons. The summed E-state index contributed by atoms with van der Waals surface area (Å²) in [5.41, 5.74) is 2.24. The molecule has 72 valence electrons. The highest BCUT2D eigenvalue weighted by Gasteiger charge is 2.11. The van der Waals surface area contributed by atoms with E-state index in [1.54, 1.807) is 7.05 Å². The van der Waals surface area contributed by atoms with Gasteiger partial charge in [-0.25, -0.2) is 9.80 Å². The summed E-state index contributed by atoms with van der Waals surface area (Å²) in [6.07, 6.45) is 3.51. The summed E-state index contributed by atoms with van der Waals surface area (Å²) in [4.78, 5) is 11.0. The van der Waals surface area contributed by atoms with Gasteiger partial charge in [-0.05, 0) is 25.8 Å². The first kappa shape index (κ1) is 9.77. The SMILES string of the molecule is COC(=O)N(C)/N=C1/C=C(C)CC1. The Hall–Kier alpha value is -1.32. The van der Waals surface area contributed by atoms with Crippen molar-refractivity contribution in [2.24, 2.45) is 5.10 Å². The summed E-state index contributed by atoms with van der Waals surface area (Å²) in [5.74, 6) is 0. The molecule has 0 bridgehead atoms. The van der Waals surface area contributed by atoms with Gasteiger partial charge in [-0.15, -0.1) is 0 Å². The fourth-order valence-electron chi connectivity index (χ4n) is 1.20. The maximum atomic E-state index is 11.0. The smallest absolute Gasteiger partial charge is 0.429 e. The van der Waals surface area contributed by atoms with Crippen LogP contribution in [0.3, 0.4) is 0 Å². The number of carbonyl (C=O) groups is 1. The zero-order valence-corrected chi connectivity index (χ0v) is 8.20. The van der Waals surface area contributed by atoms with E-state index in [9.17, 15) is 4.79 Å². The van der Waals surface area contributed by atoms with E-state index in [1.807, 2.05) is 6.08 Å². The highest BCUT2D eigenvalue weighted by Crippen LogP contribution is 2.15. The molecule has 0 aromatic heterocycles. The van der Waals surface area contributed by atoms with Crippen molar-refractivity contribution in [2.45, 2.75) is 19.8 Å². The lowest BCUT2D eigenvalue weighted by atomic mass is 10.3. The Morgan fingerprint density at radius 3 is 2.77 bits per heavy atom. The van der Waals surface area contributed by atoms with Gasteiger partial charge in [0.05, 0.1) is 12.8 Å². The van der Waals surface area contributed by atoms with Crippen LogP contribution in [0.5, 0.6) is 0 Å². The number of hydrogen-bond donors (Lipinski definition) is 0. The summed E-state index contributed by atoms with van der Waals surface area (Å²) < 4.78 is 4.51. The summed E-state index contributed by atoms with van der Waals surface area (Å²) >= 11 is 0. The third kappa shape index (κ3) is 2.57. The molecule has 0 atom stereocenters. The first-order chi connectivity index (χ1) is 6.13. The normalized spacial score (nSPS) is 18.7. The van der Waals surface area contributed by atoms with Gasteiger partial charge in [0.15, 0.2) is 0 Å². The molecule has 4 nitrogen and oxygen atoms in total. The lowest BCUT2D eigenvalue weighted by molar-refractivity contribution is 0.135. The predicted octanol–water partition coefficient (Wildman–Crippen LogP) is 1.78. The minimum Gasteiger partial charge on any atom is -0.451 e. The number of hydrogen-bond acceptors (Lipinski definition) is 3. The molecule has 0 saturated carbocycles. The fourth-order valence-corrected chi connectivity index (χ4v) is 1.20. The molecule has 0 unspecified atom stereocenters. The maximum Gasteiger partial charge on any atom is 0.429 e. The van der Waals surface area contributed by atoms with Crippen LogP contribution in [-0.4, -0.2) is 31.0 Å². The monoisotopic (exact) mass is 182 g/mol. The van der Waals surface area contributed by atoms with Crippen molar-refractivity contribution in [3.63, 3.8) is 0 Å². The summed E-state index contributed by atoms with van der Waals surface area (Å²) in [6.45, 7) is 2.06. The molecule has 0 N–H and O–H groups in total. The van der Waals surface area contributed by atoms with Crippen LogP contribution in [0.2, 0.25) is 0 Å². The molecular weight excluding hydrogens is 168 g/mol. The lowest BCUT2D eigenvalue weighted by Crippen LogP contribution is -2.21. The number of hydrazone groups is 1. The van der Waals surface area contributed by atoms with Gasteiger partial charge in [0.2, 0.25) is 0 Å². The highest BCUT2D eigenvalue weighted by atomic mass is 16.5. The molecule has 4 heteroatoms. The number of nitrogens with zero attached hydrogens (tertiary/aromatic N) is 2. The zero-order chi connectivity index (χ0) is 9.84. The van der Waals surface area contributed by atoms with E-state index < -0.39 is 6.09 Å². The van der Waals surface area contributed by atoms with E-state index in [0.29, 0.717) is 0 Å². The predicted molar refractivity (Wildman–Crippen MR) is 50.6 cm³/mol. The van der Waals surface area contributed by atoms with E-state index in [2.05, 4.69) is 16.8 Å².